The maximum absolute atomic E-state index is 12.3. The fraction of sp³-hybridized carbons (Fsp3) is 0.529. The molecular formula is C17H23N3O3S. The quantitative estimate of drug-likeness (QED) is 0.716. The minimum Gasteiger partial charge on any atom is -0.467 e. The summed E-state index contributed by atoms with van der Waals surface area (Å²) in [6.45, 7) is 3.88. The molecule has 1 saturated carbocycles. The van der Waals surface area contributed by atoms with Gasteiger partial charge in [0, 0.05) is 23.5 Å². The second-order valence-electron chi connectivity index (χ2n) is 6.41. The maximum Gasteiger partial charge on any atom is 0.315 e. The van der Waals surface area contributed by atoms with Crippen LogP contribution < -0.4 is 10.6 Å². The second-order valence-corrected chi connectivity index (χ2v) is 7.68. The van der Waals surface area contributed by atoms with Crippen molar-refractivity contribution in [3.8, 4) is 0 Å². The van der Waals surface area contributed by atoms with Crippen molar-refractivity contribution >= 4 is 17.4 Å². The van der Waals surface area contributed by atoms with Gasteiger partial charge >= 0.3 is 6.03 Å². The molecule has 2 amide bonds. The standard InChI is InChI=1S/C17H23N3O3S/c1-10(8-13(21)14-4-3-7-23-14)19-17(22)20-15(12-5-6-12)16-18-9-11(2)24-16/h3-4,7,9-10,12-13,15,21H,5-6,8H2,1-2H3,(H2,19,20,22)/t10-,13-,15-/m1/s1. The third-order valence-electron chi connectivity index (χ3n) is 4.11. The Bertz CT molecular complexity index is 666. The Morgan fingerprint density at radius 1 is 1.50 bits per heavy atom. The highest BCUT2D eigenvalue weighted by Crippen LogP contribution is 2.42. The molecule has 2 aromatic heterocycles. The Balaban J connectivity index is 1.52. The Morgan fingerprint density at radius 2 is 2.29 bits per heavy atom. The van der Waals surface area contributed by atoms with Crippen LogP contribution in [0.2, 0.25) is 0 Å². The lowest BCUT2D eigenvalue weighted by atomic mass is 10.1. The largest absolute Gasteiger partial charge is 0.467 e. The van der Waals surface area contributed by atoms with Crippen molar-refractivity contribution in [3.63, 3.8) is 0 Å². The zero-order valence-corrected chi connectivity index (χ0v) is 14.7. The molecule has 3 rings (SSSR count). The molecule has 0 spiro atoms. The predicted octanol–water partition coefficient (Wildman–Crippen LogP) is 3.31. The van der Waals surface area contributed by atoms with E-state index in [0.29, 0.717) is 18.1 Å². The summed E-state index contributed by atoms with van der Waals surface area (Å²) in [6, 6.07) is 3.04. The molecule has 24 heavy (non-hydrogen) atoms. The van der Waals surface area contributed by atoms with Gasteiger partial charge in [-0.2, -0.15) is 0 Å². The molecule has 0 saturated heterocycles. The number of aliphatic hydroxyl groups excluding tert-OH is 1. The Hall–Kier alpha value is -1.86. The van der Waals surface area contributed by atoms with Crippen molar-refractivity contribution in [2.24, 2.45) is 5.92 Å². The molecule has 0 aromatic carbocycles. The summed E-state index contributed by atoms with van der Waals surface area (Å²) < 4.78 is 5.18. The molecular weight excluding hydrogens is 326 g/mol. The molecule has 130 valence electrons. The molecule has 6 nitrogen and oxygen atoms in total. The molecule has 1 aliphatic rings. The van der Waals surface area contributed by atoms with E-state index in [4.69, 9.17) is 4.42 Å². The van der Waals surface area contributed by atoms with Crippen LogP contribution in [0.15, 0.2) is 29.0 Å². The highest BCUT2D eigenvalue weighted by atomic mass is 32.1. The van der Waals surface area contributed by atoms with Gasteiger partial charge in [0.1, 0.15) is 16.9 Å². The number of thiazole rings is 1. The average molecular weight is 349 g/mol. The number of nitrogens with zero attached hydrogens (tertiary/aromatic N) is 1. The Morgan fingerprint density at radius 3 is 2.88 bits per heavy atom. The third kappa shape index (κ3) is 4.36. The number of hydrogen-bond acceptors (Lipinski definition) is 5. The molecule has 3 N–H and O–H groups in total. The fourth-order valence-corrected chi connectivity index (χ4v) is 3.64. The molecule has 0 bridgehead atoms. The SMILES string of the molecule is Cc1cnc([C@H](NC(=O)N[C@H](C)C[C@@H](O)c2ccco2)C2CC2)s1. The molecule has 3 atom stereocenters. The van der Waals surface area contributed by atoms with Gasteiger partial charge in [-0.15, -0.1) is 11.3 Å². The smallest absolute Gasteiger partial charge is 0.315 e. The first-order valence-electron chi connectivity index (χ1n) is 8.23. The summed E-state index contributed by atoms with van der Waals surface area (Å²) in [5, 5.41) is 17.0. The number of aliphatic hydroxyl groups is 1. The van der Waals surface area contributed by atoms with Crippen molar-refractivity contribution < 1.29 is 14.3 Å². The summed E-state index contributed by atoms with van der Waals surface area (Å²) in [4.78, 5) is 17.9. The van der Waals surface area contributed by atoms with E-state index in [1.54, 1.807) is 23.5 Å². The van der Waals surface area contributed by atoms with Crippen molar-refractivity contribution in [3.05, 3.63) is 40.2 Å². The van der Waals surface area contributed by atoms with Gasteiger partial charge in [0.15, 0.2) is 0 Å². The lowest BCUT2D eigenvalue weighted by molar-refractivity contribution is 0.129. The van der Waals surface area contributed by atoms with Crippen LogP contribution in [-0.2, 0) is 0 Å². The first kappa shape index (κ1) is 17.0. The normalized spacial score (nSPS) is 18.0. The minimum absolute atomic E-state index is 0.0223. The van der Waals surface area contributed by atoms with Crippen LogP contribution in [0.25, 0.3) is 0 Å². The number of carbonyl (C=O) groups excluding carboxylic acids is 1. The van der Waals surface area contributed by atoms with Gasteiger partial charge in [-0.1, -0.05) is 0 Å². The summed E-state index contributed by atoms with van der Waals surface area (Å²) in [5.74, 6) is 0.989. The van der Waals surface area contributed by atoms with E-state index in [1.807, 2.05) is 20.0 Å². The third-order valence-corrected chi connectivity index (χ3v) is 5.11. The summed E-state index contributed by atoms with van der Waals surface area (Å²) in [5.41, 5.74) is 0. The number of aromatic nitrogens is 1. The molecule has 2 heterocycles. The number of urea groups is 1. The molecule has 1 fully saturated rings. The topological polar surface area (TPSA) is 87.4 Å². The number of amides is 2. The van der Waals surface area contributed by atoms with Crippen LogP contribution in [0.3, 0.4) is 0 Å². The van der Waals surface area contributed by atoms with Gasteiger partial charge in [0.25, 0.3) is 0 Å². The monoisotopic (exact) mass is 349 g/mol. The van der Waals surface area contributed by atoms with Crippen molar-refractivity contribution in [1.82, 2.24) is 15.6 Å². The molecule has 1 aliphatic carbocycles. The van der Waals surface area contributed by atoms with Gasteiger partial charge in [0.05, 0.1) is 12.3 Å². The molecule has 0 aliphatic heterocycles. The van der Waals surface area contributed by atoms with Crippen LogP contribution in [0.4, 0.5) is 4.79 Å². The molecule has 0 radical (unpaired) electrons. The highest BCUT2D eigenvalue weighted by Gasteiger charge is 2.35. The van der Waals surface area contributed by atoms with Gasteiger partial charge in [0.2, 0.25) is 0 Å². The van der Waals surface area contributed by atoms with Crippen LogP contribution in [-0.4, -0.2) is 22.2 Å². The highest BCUT2D eigenvalue weighted by molar-refractivity contribution is 7.11. The van der Waals surface area contributed by atoms with Gasteiger partial charge < -0.3 is 20.2 Å². The van der Waals surface area contributed by atoms with E-state index in [9.17, 15) is 9.90 Å². The van der Waals surface area contributed by atoms with Crippen LogP contribution in [0.5, 0.6) is 0 Å². The first-order chi connectivity index (χ1) is 11.5. The number of furan rings is 1. The van der Waals surface area contributed by atoms with E-state index in [2.05, 4.69) is 15.6 Å². The van der Waals surface area contributed by atoms with Crippen LogP contribution >= 0.6 is 11.3 Å². The summed E-state index contributed by atoms with van der Waals surface area (Å²) in [7, 11) is 0. The summed E-state index contributed by atoms with van der Waals surface area (Å²) >= 11 is 1.63. The van der Waals surface area contributed by atoms with Crippen LogP contribution in [0, 0.1) is 12.8 Å². The number of nitrogens with one attached hydrogen (secondary N) is 2. The zero-order chi connectivity index (χ0) is 17.1. The van der Waals surface area contributed by atoms with E-state index in [1.165, 1.54) is 6.26 Å². The van der Waals surface area contributed by atoms with Crippen LogP contribution in [0.1, 0.15) is 54.0 Å². The number of hydrogen-bond donors (Lipinski definition) is 3. The van der Waals surface area contributed by atoms with E-state index < -0.39 is 6.10 Å². The molecule has 7 heteroatoms. The zero-order valence-electron chi connectivity index (χ0n) is 13.9. The fourth-order valence-electron chi connectivity index (χ4n) is 2.72. The van der Waals surface area contributed by atoms with Crippen molar-refractivity contribution in [1.29, 1.82) is 0 Å². The van der Waals surface area contributed by atoms with Gasteiger partial charge in [-0.25, -0.2) is 9.78 Å². The van der Waals surface area contributed by atoms with Gasteiger partial charge in [-0.05, 0) is 44.7 Å². The molecule has 0 unspecified atom stereocenters. The maximum atomic E-state index is 12.3. The van der Waals surface area contributed by atoms with Crippen molar-refractivity contribution in [2.75, 3.05) is 0 Å². The first-order valence-corrected chi connectivity index (χ1v) is 9.05. The Kier molecular flexibility index (Phi) is 5.20. The number of aryl methyl sites for hydroxylation is 1. The average Bonchev–Trinajstić information content (AvgIpc) is 3.04. The second kappa shape index (κ2) is 7.36. The number of rotatable bonds is 7. The lowest BCUT2D eigenvalue weighted by Crippen LogP contribution is -2.43. The lowest BCUT2D eigenvalue weighted by Gasteiger charge is -2.20. The predicted molar refractivity (Wildman–Crippen MR) is 91.7 cm³/mol. The van der Waals surface area contributed by atoms with E-state index in [0.717, 1.165) is 22.7 Å². The van der Waals surface area contributed by atoms with Gasteiger partial charge in [-0.3, -0.25) is 0 Å². The summed E-state index contributed by atoms with van der Waals surface area (Å²) in [6.07, 6.45) is 5.28. The Labute approximate surface area is 145 Å². The van der Waals surface area contributed by atoms with E-state index in [-0.39, 0.29) is 18.1 Å². The minimum atomic E-state index is -0.726. The van der Waals surface area contributed by atoms with E-state index >= 15 is 0 Å². The molecule has 2 aromatic rings. The van der Waals surface area contributed by atoms with Crippen molar-refractivity contribution in [2.45, 2.75) is 51.3 Å². The number of carbonyl (C=O) groups is 1.